The van der Waals surface area contributed by atoms with Crippen LogP contribution < -0.4 is 4.72 Å². The normalized spacial score (nSPS) is 24.2. The molecule has 0 bridgehead atoms. The fraction of sp³-hybridized carbons (Fsp3) is 0.533. The van der Waals surface area contributed by atoms with Crippen molar-refractivity contribution in [3.63, 3.8) is 0 Å². The van der Waals surface area contributed by atoms with Gasteiger partial charge in [-0.2, -0.15) is 0 Å². The molecule has 0 radical (unpaired) electrons. The van der Waals surface area contributed by atoms with Gasteiger partial charge in [0.2, 0.25) is 5.91 Å². The Morgan fingerprint density at radius 1 is 1.37 bits per heavy atom. The van der Waals surface area contributed by atoms with Crippen molar-refractivity contribution in [1.29, 1.82) is 0 Å². The van der Waals surface area contributed by atoms with Gasteiger partial charge in [0, 0.05) is 18.4 Å². The monoisotopic (exact) mass is 281 g/mol. The van der Waals surface area contributed by atoms with E-state index >= 15 is 0 Å². The zero-order valence-corrected chi connectivity index (χ0v) is 12.5. The van der Waals surface area contributed by atoms with Gasteiger partial charge in [-0.1, -0.05) is 25.1 Å². The quantitative estimate of drug-likeness (QED) is 0.918. The van der Waals surface area contributed by atoms with Crippen molar-refractivity contribution in [2.45, 2.75) is 43.4 Å². The minimum absolute atomic E-state index is 0.0369. The first-order valence-electron chi connectivity index (χ1n) is 6.94. The van der Waals surface area contributed by atoms with Crippen LogP contribution in [-0.4, -0.2) is 23.7 Å². The Hall–Kier alpha value is -1.00. The first-order valence-corrected chi connectivity index (χ1v) is 8.80. The molecule has 2 unspecified atom stereocenters. The highest BCUT2D eigenvalue weighted by Gasteiger charge is 2.36. The van der Waals surface area contributed by atoms with Gasteiger partial charge in [0.05, 0.1) is 0 Å². The van der Waals surface area contributed by atoms with Crippen LogP contribution >= 0.6 is 10.2 Å². The van der Waals surface area contributed by atoms with Crippen molar-refractivity contribution in [1.82, 2.24) is 4.72 Å². The summed E-state index contributed by atoms with van der Waals surface area (Å²) >= 11 is 0. The SMILES string of the molecule is CCS(NC(C)=O)(c1ccccc1)C1CCCCO1. The number of nitrogens with one attached hydrogen (secondary N) is 1. The molecule has 2 rings (SSSR count). The molecule has 0 aromatic heterocycles. The van der Waals surface area contributed by atoms with Crippen molar-refractivity contribution in [2.75, 3.05) is 12.4 Å². The fourth-order valence-electron chi connectivity index (χ4n) is 2.65. The number of carbonyl (C=O) groups excluding carboxylic acids is 1. The van der Waals surface area contributed by atoms with Gasteiger partial charge in [-0.15, -0.1) is 10.2 Å². The molecule has 1 aromatic carbocycles. The van der Waals surface area contributed by atoms with Crippen LogP contribution in [0.4, 0.5) is 0 Å². The second-order valence-corrected chi connectivity index (χ2v) is 8.21. The zero-order valence-electron chi connectivity index (χ0n) is 11.7. The standard InChI is InChI=1S/C15H23NO2S/c1-3-19(16-13(2)17,14-9-5-4-6-10-14)15-11-7-8-12-18-15/h4-6,9-10,15H,3,7-8,11-12H2,1-2H3,(H,16,17). The average Bonchev–Trinajstić information content (AvgIpc) is 2.46. The van der Waals surface area contributed by atoms with Gasteiger partial charge < -0.3 is 9.46 Å². The molecule has 0 aliphatic carbocycles. The third-order valence-electron chi connectivity index (χ3n) is 3.53. The van der Waals surface area contributed by atoms with Crippen molar-refractivity contribution in [2.24, 2.45) is 0 Å². The van der Waals surface area contributed by atoms with E-state index < -0.39 is 10.2 Å². The number of benzene rings is 1. The molecule has 3 nitrogen and oxygen atoms in total. The molecular weight excluding hydrogens is 258 g/mol. The molecular formula is C15H23NO2S. The summed E-state index contributed by atoms with van der Waals surface area (Å²) in [4.78, 5) is 12.9. The molecule has 106 valence electrons. The van der Waals surface area contributed by atoms with Crippen LogP contribution in [0.25, 0.3) is 0 Å². The van der Waals surface area contributed by atoms with E-state index in [0.29, 0.717) is 0 Å². The van der Waals surface area contributed by atoms with E-state index in [1.54, 1.807) is 6.92 Å². The van der Waals surface area contributed by atoms with Gasteiger partial charge in [-0.3, -0.25) is 4.79 Å². The van der Waals surface area contributed by atoms with Gasteiger partial charge in [0.1, 0.15) is 5.44 Å². The van der Waals surface area contributed by atoms with Gasteiger partial charge >= 0.3 is 0 Å². The van der Waals surface area contributed by atoms with Gasteiger partial charge in [-0.05, 0) is 37.1 Å². The van der Waals surface area contributed by atoms with E-state index in [2.05, 4.69) is 23.8 Å². The van der Waals surface area contributed by atoms with E-state index in [4.69, 9.17) is 4.74 Å². The number of hydrogen-bond acceptors (Lipinski definition) is 2. The Morgan fingerprint density at radius 3 is 2.63 bits per heavy atom. The highest BCUT2D eigenvalue weighted by atomic mass is 32.3. The lowest BCUT2D eigenvalue weighted by molar-refractivity contribution is -0.117. The molecule has 4 heteroatoms. The molecule has 1 aliphatic heterocycles. The summed E-state index contributed by atoms with van der Waals surface area (Å²) in [6.07, 6.45) is 3.36. The maximum absolute atomic E-state index is 11.7. The molecule has 0 saturated carbocycles. The lowest BCUT2D eigenvalue weighted by atomic mass is 10.2. The maximum Gasteiger partial charge on any atom is 0.225 e. The van der Waals surface area contributed by atoms with Gasteiger partial charge in [-0.25, -0.2) is 0 Å². The summed E-state index contributed by atoms with van der Waals surface area (Å²) in [7, 11) is -1.44. The Labute approximate surface area is 117 Å². The van der Waals surface area contributed by atoms with E-state index in [9.17, 15) is 4.79 Å². The zero-order chi connectivity index (χ0) is 13.7. The Balaban J connectivity index is 2.37. The third kappa shape index (κ3) is 3.12. The van der Waals surface area contributed by atoms with E-state index in [1.165, 1.54) is 11.3 Å². The Bertz CT molecular complexity index is 417. The van der Waals surface area contributed by atoms with Crippen molar-refractivity contribution in [3.05, 3.63) is 30.3 Å². The van der Waals surface area contributed by atoms with E-state index in [0.717, 1.165) is 25.2 Å². The molecule has 1 amide bonds. The average molecular weight is 281 g/mol. The molecule has 2 atom stereocenters. The van der Waals surface area contributed by atoms with Crippen molar-refractivity contribution >= 4 is 16.1 Å². The predicted molar refractivity (Wildman–Crippen MR) is 80.2 cm³/mol. The summed E-state index contributed by atoms with van der Waals surface area (Å²) in [5, 5.41) is 0. The Morgan fingerprint density at radius 2 is 2.11 bits per heavy atom. The van der Waals surface area contributed by atoms with E-state index in [1.807, 2.05) is 18.2 Å². The predicted octanol–water partition coefficient (Wildman–Crippen LogP) is 3.45. The topological polar surface area (TPSA) is 38.3 Å². The maximum atomic E-state index is 11.7. The smallest absolute Gasteiger partial charge is 0.225 e. The number of amides is 1. The fourth-order valence-corrected chi connectivity index (χ4v) is 6.11. The molecule has 1 saturated heterocycles. The minimum Gasteiger partial charge on any atom is -0.367 e. The number of ether oxygens (including phenoxy) is 1. The number of rotatable bonds is 4. The van der Waals surface area contributed by atoms with Crippen LogP contribution in [0, 0.1) is 0 Å². The summed E-state index contributed by atoms with van der Waals surface area (Å²) in [6, 6.07) is 10.3. The van der Waals surface area contributed by atoms with Crippen LogP contribution in [0.5, 0.6) is 0 Å². The second-order valence-electron chi connectivity index (χ2n) is 4.85. The number of carbonyl (C=O) groups is 1. The lowest BCUT2D eigenvalue weighted by Gasteiger charge is -2.47. The summed E-state index contributed by atoms with van der Waals surface area (Å²) in [6.45, 7) is 4.56. The van der Waals surface area contributed by atoms with Crippen molar-refractivity contribution < 1.29 is 9.53 Å². The van der Waals surface area contributed by atoms with Gasteiger partial charge in [0.25, 0.3) is 0 Å². The van der Waals surface area contributed by atoms with Gasteiger partial charge in [0.15, 0.2) is 0 Å². The molecule has 1 aliphatic rings. The minimum atomic E-state index is -1.44. The van der Waals surface area contributed by atoms with Crippen molar-refractivity contribution in [3.8, 4) is 0 Å². The molecule has 1 fully saturated rings. The highest BCUT2D eigenvalue weighted by molar-refractivity contribution is 8.32. The van der Waals surface area contributed by atoms with Crippen LogP contribution in [-0.2, 0) is 9.53 Å². The summed E-state index contributed by atoms with van der Waals surface area (Å²) < 4.78 is 9.26. The van der Waals surface area contributed by atoms with Crippen LogP contribution in [0.3, 0.4) is 0 Å². The summed E-state index contributed by atoms with van der Waals surface area (Å²) in [5.74, 6) is 0.955. The molecule has 1 heterocycles. The molecule has 1 aromatic rings. The number of hydrogen-bond donors (Lipinski definition) is 1. The molecule has 0 spiro atoms. The lowest BCUT2D eigenvalue weighted by Crippen LogP contribution is -2.38. The largest absolute Gasteiger partial charge is 0.367 e. The summed E-state index contributed by atoms with van der Waals surface area (Å²) in [5.41, 5.74) is 0.151. The van der Waals surface area contributed by atoms with Crippen LogP contribution in [0.15, 0.2) is 35.2 Å². The third-order valence-corrected chi connectivity index (χ3v) is 7.48. The first kappa shape index (κ1) is 14.4. The highest BCUT2D eigenvalue weighted by Crippen LogP contribution is 2.58. The van der Waals surface area contributed by atoms with Crippen LogP contribution in [0.2, 0.25) is 0 Å². The van der Waals surface area contributed by atoms with Crippen LogP contribution in [0.1, 0.15) is 33.1 Å². The second kappa shape index (κ2) is 6.44. The molecule has 19 heavy (non-hydrogen) atoms. The van der Waals surface area contributed by atoms with E-state index in [-0.39, 0.29) is 11.3 Å². The Kier molecular flexibility index (Phi) is 4.88. The molecule has 1 N–H and O–H groups in total. The first-order chi connectivity index (χ1) is 9.19.